The van der Waals surface area contributed by atoms with E-state index in [1.165, 1.54) is 16.9 Å². The van der Waals surface area contributed by atoms with Crippen LogP contribution in [0.2, 0.25) is 4.34 Å². The third-order valence-corrected chi connectivity index (χ3v) is 4.76. The lowest BCUT2D eigenvalue weighted by Gasteiger charge is -2.13. The lowest BCUT2D eigenvalue weighted by molar-refractivity contribution is 0.227. The second kappa shape index (κ2) is 6.19. The van der Waals surface area contributed by atoms with Gasteiger partial charge < -0.3 is 10.4 Å². The Morgan fingerprint density at radius 2 is 2.47 bits per heavy atom. The van der Waals surface area contributed by atoms with E-state index in [4.69, 9.17) is 16.7 Å². The predicted molar refractivity (Wildman–Crippen MR) is 73.9 cm³/mol. The largest absolute Gasteiger partial charge is 0.396 e. The van der Waals surface area contributed by atoms with Crippen LogP contribution in [-0.2, 0) is 6.42 Å². The Balaban J connectivity index is 1.74. The molecule has 0 fully saturated rings. The fourth-order valence-electron chi connectivity index (χ4n) is 2.36. The Bertz CT molecular complexity index is 366. The van der Waals surface area contributed by atoms with Crippen LogP contribution in [0.15, 0.2) is 6.07 Å². The quantitative estimate of drug-likeness (QED) is 0.779. The Hall–Kier alpha value is -0.0900. The van der Waals surface area contributed by atoms with E-state index in [1.54, 1.807) is 11.3 Å². The van der Waals surface area contributed by atoms with Crippen molar-refractivity contribution in [1.29, 1.82) is 0 Å². The summed E-state index contributed by atoms with van der Waals surface area (Å²) in [6.45, 7) is 3.42. The molecule has 0 amide bonds. The summed E-state index contributed by atoms with van der Waals surface area (Å²) in [5.41, 5.74) is 1.41. The van der Waals surface area contributed by atoms with Crippen molar-refractivity contribution >= 4 is 22.9 Å². The van der Waals surface area contributed by atoms with Crippen molar-refractivity contribution in [3.8, 4) is 0 Å². The first-order valence-corrected chi connectivity index (χ1v) is 7.52. The Labute approximate surface area is 112 Å². The average molecular weight is 274 g/mol. The van der Waals surface area contributed by atoms with Crippen molar-refractivity contribution in [3.05, 3.63) is 20.8 Å². The summed E-state index contributed by atoms with van der Waals surface area (Å²) in [7, 11) is 0. The Morgan fingerprint density at radius 3 is 3.24 bits per heavy atom. The number of aryl methyl sites for hydroxylation is 1. The summed E-state index contributed by atoms with van der Waals surface area (Å²) in [5, 5.41) is 12.5. The zero-order chi connectivity index (χ0) is 12.3. The normalized spacial score (nSPS) is 20.5. The van der Waals surface area contributed by atoms with Gasteiger partial charge in [-0.1, -0.05) is 18.5 Å². The summed E-state index contributed by atoms with van der Waals surface area (Å²) < 4.78 is 0.912. The van der Waals surface area contributed by atoms with Crippen LogP contribution in [0.25, 0.3) is 0 Å². The van der Waals surface area contributed by atoms with E-state index < -0.39 is 0 Å². The van der Waals surface area contributed by atoms with Gasteiger partial charge in [-0.05, 0) is 49.8 Å². The number of fused-ring (bicyclic) bond motifs is 1. The van der Waals surface area contributed by atoms with Gasteiger partial charge in [-0.2, -0.15) is 0 Å². The number of halogens is 1. The topological polar surface area (TPSA) is 32.3 Å². The van der Waals surface area contributed by atoms with Gasteiger partial charge in [0.05, 0.1) is 4.34 Å². The second-order valence-corrected chi connectivity index (χ2v) is 6.67. The van der Waals surface area contributed by atoms with Crippen LogP contribution in [0, 0.1) is 5.92 Å². The van der Waals surface area contributed by atoms with E-state index in [0.29, 0.717) is 18.6 Å². The minimum Gasteiger partial charge on any atom is -0.396 e. The van der Waals surface area contributed by atoms with Crippen molar-refractivity contribution < 1.29 is 5.11 Å². The van der Waals surface area contributed by atoms with Gasteiger partial charge in [0.1, 0.15) is 0 Å². The molecule has 0 saturated heterocycles. The summed E-state index contributed by atoms with van der Waals surface area (Å²) >= 11 is 7.75. The average Bonchev–Trinajstić information content (AvgIpc) is 2.84. The summed E-state index contributed by atoms with van der Waals surface area (Å²) in [5.74, 6) is 0.423. The first-order valence-electron chi connectivity index (χ1n) is 6.33. The maximum absolute atomic E-state index is 8.94. The van der Waals surface area contributed by atoms with E-state index in [-0.39, 0.29) is 0 Å². The molecule has 2 rings (SSSR count). The molecule has 0 spiro atoms. The van der Waals surface area contributed by atoms with Gasteiger partial charge in [0, 0.05) is 17.5 Å². The first-order chi connectivity index (χ1) is 8.20. The smallest absolute Gasteiger partial charge is 0.0934 e. The molecule has 2 nitrogen and oxygen atoms in total. The van der Waals surface area contributed by atoms with Gasteiger partial charge in [0.15, 0.2) is 0 Å². The number of aliphatic hydroxyl groups excluding tert-OH is 1. The van der Waals surface area contributed by atoms with Crippen molar-refractivity contribution in [1.82, 2.24) is 5.32 Å². The molecule has 0 aromatic carbocycles. The number of hydrogen-bond donors (Lipinski definition) is 2. The van der Waals surface area contributed by atoms with Crippen LogP contribution in [0.5, 0.6) is 0 Å². The van der Waals surface area contributed by atoms with E-state index in [1.807, 2.05) is 0 Å². The predicted octanol–water partition coefficient (Wildman–Crippen LogP) is 3.39. The van der Waals surface area contributed by atoms with Crippen LogP contribution in [0.4, 0.5) is 0 Å². The molecular weight excluding hydrogens is 254 g/mol. The standard InChI is InChI=1S/C13H20ClNOS/c1-9(8-16)3-2-6-15-11-4-5-12-10(11)7-13(14)17-12/h7,9,11,15-16H,2-6,8H2,1H3. The summed E-state index contributed by atoms with van der Waals surface area (Å²) in [6.07, 6.45) is 4.59. The minimum atomic E-state index is 0.299. The van der Waals surface area contributed by atoms with Gasteiger partial charge >= 0.3 is 0 Å². The number of thiophene rings is 1. The molecule has 2 unspecified atom stereocenters. The number of rotatable bonds is 6. The van der Waals surface area contributed by atoms with Crippen LogP contribution >= 0.6 is 22.9 Å². The van der Waals surface area contributed by atoms with E-state index >= 15 is 0 Å². The molecule has 1 heterocycles. The maximum atomic E-state index is 8.94. The number of aliphatic hydroxyl groups is 1. The van der Waals surface area contributed by atoms with Crippen molar-refractivity contribution in [2.24, 2.45) is 5.92 Å². The highest BCUT2D eigenvalue weighted by Crippen LogP contribution is 2.39. The highest BCUT2D eigenvalue weighted by Gasteiger charge is 2.24. The zero-order valence-electron chi connectivity index (χ0n) is 10.2. The fourth-order valence-corrected chi connectivity index (χ4v) is 3.72. The van der Waals surface area contributed by atoms with Gasteiger partial charge in [0.25, 0.3) is 0 Å². The molecule has 1 aliphatic carbocycles. The van der Waals surface area contributed by atoms with E-state index in [0.717, 1.165) is 30.1 Å². The molecule has 96 valence electrons. The molecule has 1 aromatic rings. The molecule has 0 saturated carbocycles. The molecular formula is C13H20ClNOS. The Kier molecular flexibility index (Phi) is 4.86. The molecule has 0 radical (unpaired) electrons. The van der Waals surface area contributed by atoms with Crippen molar-refractivity contribution in [2.45, 2.75) is 38.6 Å². The molecule has 2 N–H and O–H groups in total. The van der Waals surface area contributed by atoms with Crippen molar-refractivity contribution in [3.63, 3.8) is 0 Å². The summed E-state index contributed by atoms with van der Waals surface area (Å²) in [4.78, 5) is 1.45. The lowest BCUT2D eigenvalue weighted by atomic mass is 10.1. The Morgan fingerprint density at radius 1 is 1.65 bits per heavy atom. The zero-order valence-corrected chi connectivity index (χ0v) is 11.8. The molecule has 0 bridgehead atoms. The highest BCUT2D eigenvalue weighted by molar-refractivity contribution is 7.16. The van der Waals surface area contributed by atoms with Crippen LogP contribution in [-0.4, -0.2) is 18.3 Å². The van der Waals surface area contributed by atoms with Crippen LogP contribution in [0.3, 0.4) is 0 Å². The molecule has 2 atom stereocenters. The summed E-state index contributed by atoms with van der Waals surface area (Å²) in [6, 6.07) is 2.61. The fraction of sp³-hybridized carbons (Fsp3) is 0.692. The first kappa shape index (κ1) is 13.3. The van der Waals surface area contributed by atoms with Gasteiger partial charge in [-0.15, -0.1) is 11.3 Å². The third-order valence-electron chi connectivity index (χ3n) is 3.42. The second-order valence-electron chi connectivity index (χ2n) is 4.90. The van der Waals surface area contributed by atoms with Crippen molar-refractivity contribution in [2.75, 3.05) is 13.2 Å². The van der Waals surface area contributed by atoms with Gasteiger partial charge in [0.2, 0.25) is 0 Å². The van der Waals surface area contributed by atoms with Gasteiger partial charge in [-0.25, -0.2) is 0 Å². The molecule has 0 aliphatic heterocycles. The van der Waals surface area contributed by atoms with E-state index in [2.05, 4.69) is 18.3 Å². The third kappa shape index (κ3) is 3.44. The van der Waals surface area contributed by atoms with Crippen LogP contribution < -0.4 is 5.32 Å². The number of hydrogen-bond acceptors (Lipinski definition) is 3. The highest BCUT2D eigenvalue weighted by atomic mass is 35.5. The molecule has 1 aromatic heterocycles. The maximum Gasteiger partial charge on any atom is 0.0934 e. The van der Waals surface area contributed by atoms with E-state index in [9.17, 15) is 0 Å². The monoisotopic (exact) mass is 273 g/mol. The van der Waals surface area contributed by atoms with Gasteiger partial charge in [-0.3, -0.25) is 0 Å². The number of nitrogens with one attached hydrogen (secondary N) is 1. The van der Waals surface area contributed by atoms with Crippen LogP contribution in [0.1, 0.15) is 42.7 Å². The lowest BCUT2D eigenvalue weighted by Crippen LogP contribution is -2.20. The molecule has 17 heavy (non-hydrogen) atoms. The SMILES string of the molecule is CC(CO)CCCNC1CCc2sc(Cl)cc21. The minimum absolute atomic E-state index is 0.299. The molecule has 4 heteroatoms. The molecule has 1 aliphatic rings.